The van der Waals surface area contributed by atoms with Crippen molar-refractivity contribution in [3.63, 3.8) is 0 Å². The molecular weight excluding hydrogens is 336 g/mol. The second kappa shape index (κ2) is 7.79. The summed E-state index contributed by atoms with van der Waals surface area (Å²) >= 11 is 0. The van der Waals surface area contributed by atoms with Gasteiger partial charge in [0.15, 0.2) is 0 Å². The lowest BCUT2D eigenvalue weighted by Crippen LogP contribution is -2.36. The number of rotatable bonds is 7. The summed E-state index contributed by atoms with van der Waals surface area (Å²) in [5, 5.41) is 4.67. The Hall–Kier alpha value is -2.23. The third-order valence-electron chi connectivity index (χ3n) is 6.16. The van der Waals surface area contributed by atoms with E-state index in [4.69, 9.17) is 0 Å². The van der Waals surface area contributed by atoms with Crippen molar-refractivity contribution in [2.45, 2.75) is 59.3 Å². The summed E-state index contributed by atoms with van der Waals surface area (Å²) in [6, 6.07) is 9.39. The van der Waals surface area contributed by atoms with E-state index in [0.29, 0.717) is 23.5 Å². The summed E-state index contributed by atoms with van der Waals surface area (Å²) in [5.41, 5.74) is 3.11. The van der Waals surface area contributed by atoms with Crippen molar-refractivity contribution in [2.24, 2.45) is 18.4 Å². The molecule has 4 nitrogen and oxygen atoms in total. The molecule has 2 aromatic rings. The summed E-state index contributed by atoms with van der Waals surface area (Å²) in [6.45, 7) is 6.28. The summed E-state index contributed by atoms with van der Waals surface area (Å²) in [5.74, 6) is 0.668. The molecule has 0 saturated heterocycles. The Morgan fingerprint density at radius 2 is 1.93 bits per heavy atom. The normalized spacial score (nSPS) is 16.8. The number of nitrogens with zero attached hydrogens (tertiary/aromatic N) is 2. The van der Waals surface area contributed by atoms with Gasteiger partial charge in [-0.05, 0) is 31.6 Å². The van der Waals surface area contributed by atoms with Gasteiger partial charge in [-0.3, -0.25) is 14.3 Å². The van der Waals surface area contributed by atoms with Crippen LogP contribution in [0.2, 0.25) is 0 Å². The van der Waals surface area contributed by atoms with E-state index in [1.165, 1.54) is 0 Å². The highest BCUT2D eigenvalue weighted by Gasteiger charge is 2.39. The number of fused-ring (bicyclic) bond motifs is 1. The first-order chi connectivity index (χ1) is 12.9. The third-order valence-corrected chi connectivity index (χ3v) is 6.16. The van der Waals surface area contributed by atoms with Crippen molar-refractivity contribution in [1.82, 2.24) is 9.78 Å². The van der Waals surface area contributed by atoms with E-state index in [0.717, 1.165) is 43.4 Å². The lowest BCUT2D eigenvalue weighted by atomic mass is 9.67. The monoisotopic (exact) mass is 366 g/mol. The number of carbonyl (C=O) groups excluding carboxylic acids is 2. The second-order valence-electron chi connectivity index (χ2n) is 8.28. The maximum Gasteiger partial charge on any atom is 0.211 e. The van der Waals surface area contributed by atoms with Crippen LogP contribution >= 0.6 is 0 Å². The van der Waals surface area contributed by atoms with Crippen LogP contribution in [0.3, 0.4) is 0 Å². The lowest BCUT2D eigenvalue weighted by Gasteiger charge is -2.35. The second-order valence-corrected chi connectivity index (χ2v) is 8.28. The number of hydrogen-bond acceptors (Lipinski definition) is 3. The van der Waals surface area contributed by atoms with Crippen LogP contribution in [-0.4, -0.2) is 21.3 Å². The Balaban J connectivity index is 1.84. The minimum atomic E-state index is -0.339. The van der Waals surface area contributed by atoms with Gasteiger partial charge < -0.3 is 0 Å². The van der Waals surface area contributed by atoms with E-state index in [9.17, 15) is 9.59 Å². The van der Waals surface area contributed by atoms with Gasteiger partial charge in [-0.2, -0.15) is 5.10 Å². The Kier molecular flexibility index (Phi) is 5.64. The standard InChI is InChI=1S/C23H30N2O2/c1-5-6-12-20(26)23(2,3)17-13-14-18-19(15-17)24-25(4)21(18)22(27)16-10-8-7-9-11-16/h7-11,17H,5-6,12-15H2,1-4H3/t17-/m1/s1. The molecule has 0 spiro atoms. The summed E-state index contributed by atoms with van der Waals surface area (Å²) in [6.07, 6.45) is 5.18. The molecule has 1 aliphatic rings. The van der Waals surface area contributed by atoms with Crippen LogP contribution in [0.4, 0.5) is 0 Å². The molecule has 0 unspecified atom stereocenters. The number of Topliss-reactive ketones (excluding diaryl/α,β-unsaturated/α-hetero) is 1. The van der Waals surface area contributed by atoms with Crippen molar-refractivity contribution in [3.05, 3.63) is 52.8 Å². The molecule has 0 fully saturated rings. The minimum Gasteiger partial charge on any atom is -0.299 e. The number of ketones is 2. The summed E-state index contributed by atoms with van der Waals surface area (Å²) < 4.78 is 1.73. The van der Waals surface area contributed by atoms with Gasteiger partial charge in [0.05, 0.1) is 5.69 Å². The molecule has 0 saturated carbocycles. The van der Waals surface area contributed by atoms with Crippen molar-refractivity contribution in [1.29, 1.82) is 0 Å². The highest BCUT2D eigenvalue weighted by molar-refractivity contribution is 6.09. The first-order valence-corrected chi connectivity index (χ1v) is 10.0. The molecule has 1 aliphatic carbocycles. The first kappa shape index (κ1) is 19.5. The highest BCUT2D eigenvalue weighted by atomic mass is 16.1. The fraction of sp³-hybridized carbons (Fsp3) is 0.522. The molecule has 144 valence electrons. The van der Waals surface area contributed by atoms with Crippen molar-refractivity contribution in [3.8, 4) is 0 Å². The van der Waals surface area contributed by atoms with E-state index in [-0.39, 0.29) is 17.1 Å². The summed E-state index contributed by atoms with van der Waals surface area (Å²) in [7, 11) is 1.85. The largest absolute Gasteiger partial charge is 0.299 e. The number of hydrogen-bond donors (Lipinski definition) is 0. The van der Waals surface area contributed by atoms with Gasteiger partial charge in [-0.15, -0.1) is 0 Å². The molecule has 1 atom stereocenters. The molecular formula is C23H30N2O2. The van der Waals surface area contributed by atoms with Gasteiger partial charge in [-0.25, -0.2) is 0 Å². The summed E-state index contributed by atoms with van der Waals surface area (Å²) in [4.78, 5) is 25.7. The predicted octanol–water partition coefficient (Wildman–Crippen LogP) is 4.54. The molecule has 4 heteroatoms. The number of aromatic nitrogens is 2. The Morgan fingerprint density at radius 3 is 2.59 bits per heavy atom. The van der Waals surface area contributed by atoms with Crippen LogP contribution in [0.25, 0.3) is 0 Å². The van der Waals surface area contributed by atoms with E-state index < -0.39 is 0 Å². The SMILES string of the molecule is CCCCC(=O)C(C)(C)[C@@H]1CCc2c(nn(C)c2C(=O)c2ccccc2)C1. The smallest absolute Gasteiger partial charge is 0.211 e. The van der Waals surface area contributed by atoms with Gasteiger partial charge in [0.25, 0.3) is 0 Å². The Morgan fingerprint density at radius 1 is 1.22 bits per heavy atom. The first-order valence-electron chi connectivity index (χ1n) is 10.0. The molecule has 27 heavy (non-hydrogen) atoms. The van der Waals surface area contributed by atoms with Crippen LogP contribution in [0.5, 0.6) is 0 Å². The number of benzene rings is 1. The van der Waals surface area contributed by atoms with Crippen molar-refractivity contribution >= 4 is 11.6 Å². The van der Waals surface area contributed by atoms with Gasteiger partial charge in [0.2, 0.25) is 5.78 Å². The number of unbranched alkanes of at least 4 members (excludes halogenated alkanes) is 1. The molecule has 1 heterocycles. The molecule has 0 aliphatic heterocycles. The average Bonchev–Trinajstić information content (AvgIpc) is 3.00. The molecule has 0 bridgehead atoms. The van der Waals surface area contributed by atoms with Crippen molar-refractivity contribution < 1.29 is 9.59 Å². The topological polar surface area (TPSA) is 52.0 Å². The van der Waals surface area contributed by atoms with E-state index in [1.807, 2.05) is 37.4 Å². The molecule has 0 amide bonds. The van der Waals surface area contributed by atoms with Gasteiger partial charge in [0.1, 0.15) is 11.5 Å². The zero-order valence-corrected chi connectivity index (χ0v) is 16.9. The van der Waals surface area contributed by atoms with Crippen LogP contribution in [-0.2, 0) is 24.7 Å². The Bertz CT molecular complexity index is 834. The Labute approximate surface area is 162 Å². The van der Waals surface area contributed by atoms with Gasteiger partial charge in [-0.1, -0.05) is 57.5 Å². The minimum absolute atomic E-state index is 0.0311. The van der Waals surface area contributed by atoms with E-state index >= 15 is 0 Å². The van der Waals surface area contributed by atoms with E-state index in [2.05, 4.69) is 25.9 Å². The van der Waals surface area contributed by atoms with Gasteiger partial charge in [0, 0.05) is 30.0 Å². The van der Waals surface area contributed by atoms with E-state index in [1.54, 1.807) is 4.68 Å². The molecule has 1 aromatic carbocycles. The van der Waals surface area contributed by atoms with Crippen LogP contribution < -0.4 is 0 Å². The third kappa shape index (κ3) is 3.76. The van der Waals surface area contributed by atoms with Crippen LogP contribution in [0.1, 0.15) is 73.8 Å². The average molecular weight is 367 g/mol. The maximum absolute atomic E-state index is 13.0. The van der Waals surface area contributed by atoms with Crippen LogP contribution in [0.15, 0.2) is 30.3 Å². The molecule has 0 radical (unpaired) electrons. The lowest BCUT2D eigenvalue weighted by molar-refractivity contribution is -0.130. The van der Waals surface area contributed by atoms with Crippen molar-refractivity contribution in [2.75, 3.05) is 0 Å². The predicted molar refractivity (Wildman–Crippen MR) is 107 cm³/mol. The zero-order chi connectivity index (χ0) is 19.6. The van der Waals surface area contributed by atoms with Crippen LogP contribution in [0, 0.1) is 11.3 Å². The zero-order valence-electron chi connectivity index (χ0n) is 16.9. The molecule has 1 aromatic heterocycles. The highest BCUT2D eigenvalue weighted by Crippen LogP contribution is 2.40. The quantitative estimate of drug-likeness (QED) is 0.676. The maximum atomic E-state index is 13.0. The molecule has 3 rings (SSSR count). The van der Waals surface area contributed by atoms with Gasteiger partial charge >= 0.3 is 0 Å². The number of carbonyl (C=O) groups is 2. The fourth-order valence-corrected chi connectivity index (χ4v) is 4.22. The molecule has 0 N–H and O–H groups in total. The fourth-order valence-electron chi connectivity index (χ4n) is 4.22. The number of aryl methyl sites for hydroxylation is 1.